The zero-order chi connectivity index (χ0) is 62.8. The first kappa shape index (κ1) is 82.7. The van der Waals surface area contributed by atoms with Crippen LogP contribution in [-0.2, 0) is 27.9 Å². The molecule has 0 aromatic rings. The fourth-order valence-electron chi connectivity index (χ4n) is 9.90. The number of phosphoric ester groups is 1. The second-order valence-corrected chi connectivity index (χ2v) is 26.4. The van der Waals surface area contributed by atoms with E-state index in [1.165, 1.54) is 154 Å². The number of amides is 1. The lowest BCUT2D eigenvalue weighted by atomic mass is 10.0. The summed E-state index contributed by atoms with van der Waals surface area (Å²) in [6.07, 6.45) is 89.2. The van der Waals surface area contributed by atoms with Gasteiger partial charge in [-0.3, -0.25) is 14.2 Å². The van der Waals surface area contributed by atoms with E-state index in [0.717, 1.165) is 116 Å². The Labute approximate surface area is 531 Å². The molecule has 86 heavy (non-hydrogen) atoms. The number of esters is 1. The summed E-state index contributed by atoms with van der Waals surface area (Å²) in [5.41, 5.74) is 0. The maximum atomic E-state index is 13.6. The quantitative estimate of drug-likeness (QED) is 0.0212. The molecule has 0 aliphatic heterocycles. The molecule has 1 N–H and O–H groups in total. The van der Waals surface area contributed by atoms with Crippen LogP contribution in [0.4, 0.5) is 0 Å². The minimum Gasteiger partial charge on any atom is -0.756 e. The number of quaternary nitrogens is 1. The van der Waals surface area contributed by atoms with Gasteiger partial charge in [0.25, 0.3) is 7.82 Å². The number of unbranched alkanes of at least 4 members (excludes halogenated alkanes) is 32. The topological polar surface area (TPSA) is 114 Å². The van der Waals surface area contributed by atoms with Crippen molar-refractivity contribution in [3.05, 3.63) is 109 Å². The third kappa shape index (κ3) is 65.1. The Morgan fingerprint density at radius 2 is 0.709 bits per heavy atom. The van der Waals surface area contributed by atoms with Gasteiger partial charge in [0.2, 0.25) is 5.91 Å². The van der Waals surface area contributed by atoms with Crippen molar-refractivity contribution in [1.82, 2.24) is 5.32 Å². The Bertz CT molecular complexity index is 1840. The zero-order valence-electron chi connectivity index (χ0n) is 56.7. The number of carbonyl (C=O) groups excluding carboxylic acids is 2. The maximum Gasteiger partial charge on any atom is 0.306 e. The highest BCUT2D eigenvalue weighted by molar-refractivity contribution is 7.45. The SMILES string of the molecule is CCCCC/C=C\C/C=C\C/C=C\C/C=C\CCCCCCCCCCCCCC(=O)NC(COP(=O)([O-])OCC[N+](C)(C)C)C(/C=C\CCCCCCCCCCCC)OC(=O)CCCCCCC/C=C\C/C=C\C/C=C\C/C=C\CCCCC. The van der Waals surface area contributed by atoms with Crippen LogP contribution in [0.3, 0.4) is 0 Å². The summed E-state index contributed by atoms with van der Waals surface area (Å²) in [6, 6.07) is -0.906. The van der Waals surface area contributed by atoms with E-state index in [2.05, 4.69) is 123 Å². The van der Waals surface area contributed by atoms with Crippen molar-refractivity contribution in [2.75, 3.05) is 40.9 Å². The van der Waals surface area contributed by atoms with Crippen LogP contribution in [0.5, 0.6) is 0 Å². The van der Waals surface area contributed by atoms with E-state index in [1.54, 1.807) is 0 Å². The van der Waals surface area contributed by atoms with Gasteiger partial charge in [-0.2, -0.15) is 0 Å². The van der Waals surface area contributed by atoms with Crippen LogP contribution in [0.2, 0.25) is 0 Å². The molecule has 1 amide bonds. The molecule has 0 heterocycles. The summed E-state index contributed by atoms with van der Waals surface area (Å²) in [5.74, 6) is -0.565. The van der Waals surface area contributed by atoms with E-state index < -0.39 is 26.6 Å². The zero-order valence-corrected chi connectivity index (χ0v) is 57.6. The molecule has 0 aliphatic rings. The lowest BCUT2D eigenvalue weighted by molar-refractivity contribution is -0.870. The van der Waals surface area contributed by atoms with E-state index in [-0.39, 0.29) is 24.9 Å². The molecule has 0 rings (SSSR count). The lowest BCUT2D eigenvalue weighted by Gasteiger charge is -2.30. The Balaban J connectivity index is 5.11. The van der Waals surface area contributed by atoms with Gasteiger partial charge in [0.15, 0.2) is 0 Å². The number of nitrogens with zero attached hydrogens (tertiary/aromatic N) is 1. The van der Waals surface area contributed by atoms with Gasteiger partial charge in [-0.1, -0.05) is 285 Å². The van der Waals surface area contributed by atoms with Crippen LogP contribution in [0.1, 0.15) is 310 Å². The number of likely N-dealkylation sites (N-methyl/N-ethyl adjacent to an activating group) is 1. The highest BCUT2D eigenvalue weighted by atomic mass is 31.2. The van der Waals surface area contributed by atoms with Crippen molar-refractivity contribution in [3.63, 3.8) is 0 Å². The largest absolute Gasteiger partial charge is 0.756 e. The second-order valence-electron chi connectivity index (χ2n) is 25.0. The third-order valence-electron chi connectivity index (χ3n) is 15.4. The van der Waals surface area contributed by atoms with Crippen molar-refractivity contribution in [2.24, 2.45) is 0 Å². The van der Waals surface area contributed by atoms with Gasteiger partial charge in [0.1, 0.15) is 19.3 Å². The number of hydrogen-bond donors (Lipinski definition) is 1. The highest BCUT2D eigenvalue weighted by Crippen LogP contribution is 2.38. The number of carbonyl (C=O) groups is 2. The molecular formula is C76H135N2O7P. The molecule has 0 aromatic carbocycles. The van der Waals surface area contributed by atoms with Crippen molar-refractivity contribution in [1.29, 1.82) is 0 Å². The van der Waals surface area contributed by atoms with Crippen molar-refractivity contribution in [2.45, 2.75) is 322 Å². The van der Waals surface area contributed by atoms with Gasteiger partial charge < -0.3 is 28.5 Å². The van der Waals surface area contributed by atoms with Crippen LogP contribution in [0.15, 0.2) is 109 Å². The van der Waals surface area contributed by atoms with Crippen LogP contribution < -0.4 is 10.2 Å². The van der Waals surface area contributed by atoms with Gasteiger partial charge >= 0.3 is 5.97 Å². The fraction of sp³-hybridized carbons (Fsp3) is 0.737. The molecule has 0 aromatic heterocycles. The van der Waals surface area contributed by atoms with Crippen LogP contribution in [0, 0.1) is 0 Å². The third-order valence-corrected chi connectivity index (χ3v) is 16.4. The monoisotopic (exact) mass is 1220 g/mol. The molecule has 3 unspecified atom stereocenters. The average Bonchev–Trinajstić information content (AvgIpc) is 3.67. The second kappa shape index (κ2) is 64.6. The Morgan fingerprint density at radius 3 is 1.08 bits per heavy atom. The van der Waals surface area contributed by atoms with E-state index in [9.17, 15) is 19.0 Å². The average molecular weight is 1220 g/mol. The number of phosphoric acid groups is 1. The molecule has 0 spiro atoms. The first-order chi connectivity index (χ1) is 41.9. The van der Waals surface area contributed by atoms with Gasteiger partial charge in [-0.05, 0) is 122 Å². The van der Waals surface area contributed by atoms with Crippen LogP contribution in [0.25, 0.3) is 0 Å². The fourth-order valence-corrected chi connectivity index (χ4v) is 10.6. The van der Waals surface area contributed by atoms with Gasteiger partial charge in [0, 0.05) is 12.8 Å². The van der Waals surface area contributed by atoms with E-state index in [0.29, 0.717) is 23.9 Å². The Morgan fingerprint density at radius 1 is 0.407 bits per heavy atom. The first-order valence-corrected chi connectivity index (χ1v) is 37.2. The lowest BCUT2D eigenvalue weighted by Crippen LogP contribution is -2.47. The maximum absolute atomic E-state index is 13.6. The summed E-state index contributed by atoms with van der Waals surface area (Å²) < 4.78 is 30.4. The summed E-state index contributed by atoms with van der Waals surface area (Å²) in [7, 11) is 1.16. The normalized spacial score (nSPS) is 14.2. The first-order valence-electron chi connectivity index (χ1n) is 35.7. The van der Waals surface area contributed by atoms with Crippen molar-refractivity contribution in [3.8, 4) is 0 Å². The molecule has 0 saturated carbocycles. The van der Waals surface area contributed by atoms with E-state index >= 15 is 0 Å². The Kier molecular flexibility index (Phi) is 62.1. The molecule has 3 atom stereocenters. The summed E-state index contributed by atoms with van der Waals surface area (Å²) in [6.45, 7) is 6.78. The molecule has 496 valence electrons. The Hall–Kier alpha value is -3.33. The molecule has 0 bridgehead atoms. The van der Waals surface area contributed by atoms with Crippen molar-refractivity contribution < 1.29 is 37.3 Å². The smallest absolute Gasteiger partial charge is 0.306 e. The molecule has 0 aliphatic carbocycles. The molecule has 0 saturated heterocycles. The summed E-state index contributed by atoms with van der Waals surface area (Å²) >= 11 is 0. The molecule has 0 radical (unpaired) electrons. The molecular weight excluding hydrogens is 1080 g/mol. The minimum atomic E-state index is -4.72. The number of rotatable bonds is 64. The summed E-state index contributed by atoms with van der Waals surface area (Å²) in [4.78, 5) is 40.2. The number of hydrogen-bond acceptors (Lipinski definition) is 7. The van der Waals surface area contributed by atoms with Crippen molar-refractivity contribution >= 4 is 19.7 Å². The highest BCUT2D eigenvalue weighted by Gasteiger charge is 2.27. The standard InChI is InChI=1S/C76H135N2O7P/c1-7-10-13-16-19-22-25-28-30-32-34-36-37-38-39-40-41-43-44-46-48-50-53-56-59-62-65-68-75(79)77-73(72-84-86(81,82)83-71-70-78(4,5)6)74(67-64-61-58-55-52-27-24-21-18-15-12-9-3)85-76(80)69-66-63-60-57-54-51-49-47-45-42-35-33-31-29-26-23-20-17-14-11-8-2/h19-20,22-23,28-31,34-36,38-39,42,47,49,64,67,73-74H,7-18,21,24-27,32-33,37,40-41,43-46,48,50-63,65-66,68-72H2,1-6H3,(H-,77,79,81,82)/b22-19-,23-20-,30-28-,31-29-,36-34-,39-38-,42-35-,49-47-,67-64-. The summed E-state index contributed by atoms with van der Waals surface area (Å²) in [5, 5.41) is 3.04. The number of nitrogens with one attached hydrogen (secondary N) is 1. The number of ether oxygens (including phenoxy) is 1. The van der Waals surface area contributed by atoms with Gasteiger partial charge in [-0.15, -0.1) is 0 Å². The van der Waals surface area contributed by atoms with Crippen LogP contribution >= 0.6 is 7.82 Å². The number of allylic oxidation sites excluding steroid dienone is 17. The molecule has 10 heteroatoms. The minimum absolute atomic E-state index is 0.0309. The van der Waals surface area contributed by atoms with E-state index in [1.807, 2.05) is 33.3 Å². The molecule has 9 nitrogen and oxygen atoms in total. The van der Waals surface area contributed by atoms with E-state index in [4.69, 9.17) is 13.8 Å². The molecule has 0 fully saturated rings. The van der Waals surface area contributed by atoms with Gasteiger partial charge in [0.05, 0.1) is 33.8 Å². The predicted molar refractivity (Wildman–Crippen MR) is 371 cm³/mol. The van der Waals surface area contributed by atoms with Gasteiger partial charge in [-0.25, -0.2) is 0 Å². The predicted octanol–water partition coefficient (Wildman–Crippen LogP) is 22.2. The van der Waals surface area contributed by atoms with Crippen LogP contribution in [-0.4, -0.2) is 69.4 Å².